The fourth-order valence-corrected chi connectivity index (χ4v) is 4.40. The number of hydrogen-bond donors (Lipinski definition) is 3. The van der Waals surface area contributed by atoms with E-state index < -0.39 is 6.04 Å². The van der Waals surface area contributed by atoms with E-state index in [1.54, 1.807) is 9.80 Å². The van der Waals surface area contributed by atoms with E-state index in [1.165, 1.54) is 24.3 Å². The monoisotopic (exact) mass is 412 g/mol. The van der Waals surface area contributed by atoms with E-state index in [4.69, 9.17) is 0 Å². The first-order chi connectivity index (χ1) is 14.4. The number of carbonyl (C=O) groups excluding carboxylic acids is 2. The molecule has 0 spiro atoms. The van der Waals surface area contributed by atoms with E-state index in [1.807, 2.05) is 38.1 Å². The van der Waals surface area contributed by atoms with Crippen LogP contribution in [0.5, 0.6) is 0 Å². The highest BCUT2D eigenvalue weighted by Crippen LogP contribution is 2.48. The highest BCUT2D eigenvalue weighted by atomic mass is 19.1. The number of amides is 4. The van der Waals surface area contributed by atoms with Crippen molar-refractivity contribution < 1.29 is 19.1 Å². The van der Waals surface area contributed by atoms with Gasteiger partial charge in [0.05, 0.1) is 18.7 Å². The number of para-hydroxylation sites is 1. The summed E-state index contributed by atoms with van der Waals surface area (Å²) in [7, 11) is 0. The van der Waals surface area contributed by atoms with Crippen molar-refractivity contribution in [3.05, 3.63) is 59.9 Å². The van der Waals surface area contributed by atoms with Crippen LogP contribution in [0.1, 0.15) is 25.3 Å². The van der Waals surface area contributed by atoms with Crippen molar-refractivity contribution in [2.75, 3.05) is 23.4 Å². The van der Waals surface area contributed by atoms with E-state index in [2.05, 4.69) is 10.6 Å². The molecule has 1 saturated heterocycles. The van der Waals surface area contributed by atoms with Crippen LogP contribution < -0.4 is 15.5 Å². The largest absolute Gasteiger partial charge is 0.394 e. The number of anilines is 2. The van der Waals surface area contributed by atoms with E-state index in [0.717, 1.165) is 11.3 Å². The molecule has 0 bridgehead atoms. The van der Waals surface area contributed by atoms with Crippen LogP contribution in [0.4, 0.5) is 25.4 Å². The zero-order valence-corrected chi connectivity index (χ0v) is 16.9. The summed E-state index contributed by atoms with van der Waals surface area (Å²) in [5.74, 6) is -0.450. The van der Waals surface area contributed by atoms with Crippen molar-refractivity contribution in [1.82, 2.24) is 10.2 Å². The Bertz CT molecular complexity index is 950. The lowest BCUT2D eigenvalue weighted by Crippen LogP contribution is -2.71. The molecule has 3 N–H and O–H groups in total. The molecule has 1 fully saturated rings. The maximum absolute atomic E-state index is 13.1. The van der Waals surface area contributed by atoms with Gasteiger partial charge in [-0.2, -0.15) is 0 Å². The van der Waals surface area contributed by atoms with Gasteiger partial charge in [0, 0.05) is 29.9 Å². The number of aliphatic hydroxyl groups is 1. The number of nitrogens with one attached hydrogen (secondary N) is 2. The van der Waals surface area contributed by atoms with E-state index in [9.17, 15) is 19.1 Å². The van der Waals surface area contributed by atoms with Gasteiger partial charge in [-0.25, -0.2) is 14.0 Å². The third-order valence-electron chi connectivity index (χ3n) is 5.67. The quantitative estimate of drug-likeness (QED) is 0.724. The molecular formula is C22H25FN4O3. The van der Waals surface area contributed by atoms with Gasteiger partial charge in [0.2, 0.25) is 0 Å². The van der Waals surface area contributed by atoms with Crippen molar-refractivity contribution in [3.8, 4) is 0 Å². The fraction of sp³-hybridized carbons (Fsp3) is 0.364. The van der Waals surface area contributed by atoms with Gasteiger partial charge >= 0.3 is 12.1 Å². The predicted octanol–water partition coefficient (Wildman–Crippen LogP) is 3.12. The summed E-state index contributed by atoms with van der Waals surface area (Å²) in [6.07, 6.45) is 0. The number of nitrogens with zero attached hydrogens (tertiary/aromatic N) is 2. The molecule has 2 aliphatic heterocycles. The number of likely N-dealkylation sites (tertiary alicyclic amines) is 1. The first-order valence-electron chi connectivity index (χ1n) is 10.0. The van der Waals surface area contributed by atoms with Gasteiger partial charge in [-0.1, -0.05) is 18.2 Å². The topological polar surface area (TPSA) is 84.9 Å². The second-order valence-electron chi connectivity index (χ2n) is 7.96. The zero-order valence-electron chi connectivity index (χ0n) is 16.9. The molecule has 0 aliphatic carbocycles. The number of fused-ring (bicyclic) bond motifs is 3. The van der Waals surface area contributed by atoms with Gasteiger partial charge in [-0.15, -0.1) is 0 Å². The molecule has 7 nitrogen and oxygen atoms in total. The minimum absolute atomic E-state index is 0.0214. The van der Waals surface area contributed by atoms with Crippen LogP contribution in [-0.4, -0.2) is 53.3 Å². The molecule has 3 atom stereocenters. The fourth-order valence-electron chi connectivity index (χ4n) is 4.40. The van der Waals surface area contributed by atoms with Crippen LogP contribution in [0.3, 0.4) is 0 Å². The standard InChI is InChI=1S/C22H25FN4O3/c1-13(2)24-21(29)26-11-18-20(16-5-3-4-6-17(16)26)19(12-28)27(18)22(30)25-15-9-7-14(23)8-10-15/h3-10,13,18-20,28H,11-12H2,1-2H3,(H,24,29)(H,25,30)/t18-,19+,20+/m1/s1. The molecule has 0 unspecified atom stereocenters. The first-order valence-corrected chi connectivity index (χ1v) is 10.0. The van der Waals surface area contributed by atoms with Gasteiger partial charge in [0.15, 0.2) is 0 Å². The molecule has 0 radical (unpaired) electrons. The lowest BCUT2D eigenvalue weighted by molar-refractivity contribution is -0.00197. The first kappa shape index (κ1) is 20.2. The summed E-state index contributed by atoms with van der Waals surface area (Å²) in [6.45, 7) is 3.92. The van der Waals surface area contributed by atoms with Crippen LogP contribution >= 0.6 is 0 Å². The third-order valence-corrected chi connectivity index (χ3v) is 5.67. The Labute approximate surface area is 174 Å². The van der Waals surface area contributed by atoms with Crippen molar-refractivity contribution in [2.45, 2.75) is 37.9 Å². The van der Waals surface area contributed by atoms with Gasteiger partial charge in [-0.05, 0) is 49.7 Å². The molecule has 2 heterocycles. The molecule has 2 aromatic rings. The predicted molar refractivity (Wildman–Crippen MR) is 112 cm³/mol. The highest BCUT2D eigenvalue weighted by molar-refractivity contribution is 5.96. The molecule has 4 amide bonds. The summed E-state index contributed by atoms with van der Waals surface area (Å²) in [6, 6.07) is 11.8. The number of hydrogen-bond acceptors (Lipinski definition) is 3. The molecule has 2 aromatic carbocycles. The van der Waals surface area contributed by atoms with Gasteiger partial charge < -0.3 is 20.6 Å². The Kier molecular flexibility index (Phi) is 5.34. The highest BCUT2D eigenvalue weighted by Gasteiger charge is 2.55. The van der Waals surface area contributed by atoms with Crippen LogP contribution in [0.15, 0.2) is 48.5 Å². The molecule has 30 heavy (non-hydrogen) atoms. The summed E-state index contributed by atoms with van der Waals surface area (Å²) in [5, 5.41) is 15.7. The Hall–Kier alpha value is -3.13. The molecule has 0 aromatic heterocycles. The van der Waals surface area contributed by atoms with Crippen LogP contribution in [0, 0.1) is 5.82 Å². The van der Waals surface area contributed by atoms with Crippen molar-refractivity contribution in [2.24, 2.45) is 0 Å². The van der Waals surface area contributed by atoms with E-state index in [-0.39, 0.29) is 42.5 Å². The second-order valence-corrected chi connectivity index (χ2v) is 7.96. The summed E-state index contributed by atoms with van der Waals surface area (Å²) in [5.41, 5.74) is 2.21. The third kappa shape index (κ3) is 3.47. The molecule has 0 saturated carbocycles. The molecule has 4 rings (SSSR count). The number of aliphatic hydroxyl groups excluding tert-OH is 1. The lowest BCUT2D eigenvalue weighted by Gasteiger charge is -2.58. The summed E-state index contributed by atoms with van der Waals surface area (Å²) >= 11 is 0. The smallest absolute Gasteiger partial charge is 0.322 e. The van der Waals surface area contributed by atoms with Crippen molar-refractivity contribution in [3.63, 3.8) is 0 Å². The Balaban J connectivity index is 1.61. The number of benzene rings is 2. The maximum Gasteiger partial charge on any atom is 0.322 e. The molecule has 158 valence electrons. The SMILES string of the molecule is CC(C)NC(=O)N1C[C@@H]2[C@H](c3ccccc31)[C@H](CO)N2C(=O)Nc1ccc(F)cc1. The summed E-state index contributed by atoms with van der Waals surface area (Å²) < 4.78 is 13.1. The average Bonchev–Trinajstić information content (AvgIpc) is 2.69. The average molecular weight is 412 g/mol. The van der Waals surface area contributed by atoms with Crippen LogP contribution in [0.2, 0.25) is 0 Å². The van der Waals surface area contributed by atoms with E-state index in [0.29, 0.717) is 12.2 Å². The lowest BCUT2D eigenvalue weighted by atomic mass is 9.72. The molecular weight excluding hydrogens is 387 g/mol. The number of halogens is 1. The minimum Gasteiger partial charge on any atom is -0.394 e. The van der Waals surface area contributed by atoms with Crippen LogP contribution in [-0.2, 0) is 0 Å². The van der Waals surface area contributed by atoms with Gasteiger partial charge in [0.1, 0.15) is 5.82 Å². The Morgan fingerprint density at radius 2 is 1.83 bits per heavy atom. The Morgan fingerprint density at radius 1 is 1.13 bits per heavy atom. The number of urea groups is 2. The molecule has 2 aliphatic rings. The number of carbonyl (C=O) groups is 2. The van der Waals surface area contributed by atoms with Crippen LogP contribution in [0.25, 0.3) is 0 Å². The van der Waals surface area contributed by atoms with Crippen molar-refractivity contribution >= 4 is 23.4 Å². The van der Waals surface area contributed by atoms with Gasteiger partial charge in [-0.3, -0.25) is 4.90 Å². The number of rotatable bonds is 3. The summed E-state index contributed by atoms with van der Waals surface area (Å²) in [4.78, 5) is 29.0. The van der Waals surface area contributed by atoms with E-state index >= 15 is 0 Å². The normalized spacial score (nSPS) is 22.1. The molecule has 8 heteroatoms. The van der Waals surface area contributed by atoms with Gasteiger partial charge in [0.25, 0.3) is 0 Å². The Morgan fingerprint density at radius 3 is 2.50 bits per heavy atom. The minimum atomic E-state index is -0.396. The maximum atomic E-state index is 13.1. The second kappa shape index (κ2) is 7.95. The zero-order chi connectivity index (χ0) is 21.4. The van der Waals surface area contributed by atoms with Crippen molar-refractivity contribution in [1.29, 1.82) is 0 Å².